The Morgan fingerprint density at radius 3 is 2.56 bits per heavy atom. The highest BCUT2D eigenvalue weighted by atomic mass is 32.2. The number of fused-ring (bicyclic) bond motifs is 1. The van der Waals surface area contributed by atoms with E-state index >= 15 is 0 Å². The first kappa shape index (κ1) is 17.5. The maximum absolute atomic E-state index is 12.5. The van der Waals surface area contributed by atoms with Gasteiger partial charge in [0.15, 0.2) is 0 Å². The van der Waals surface area contributed by atoms with Crippen LogP contribution < -0.4 is 10.0 Å². The van der Waals surface area contributed by atoms with E-state index in [1.807, 2.05) is 29.0 Å². The standard InChI is InChI=1S/C17H21N3O4S/c1-25(23,24)20-16(22)17(8-4-5-9-17)19-15(21)10-12-11-18-14-7-3-2-6-13(12)14/h2-3,6-7,11,18H,4-5,8-10H2,1H3,(H,19,21)(H,20,22). The van der Waals surface area contributed by atoms with Crippen LogP contribution in [0.25, 0.3) is 10.9 Å². The van der Waals surface area contributed by atoms with E-state index in [1.54, 1.807) is 6.20 Å². The largest absolute Gasteiger partial charge is 0.361 e. The fourth-order valence-electron chi connectivity index (χ4n) is 3.42. The molecule has 0 atom stereocenters. The Bertz CT molecular complexity index is 911. The van der Waals surface area contributed by atoms with Crippen LogP contribution in [0.15, 0.2) is 30.5 Å². The minimum absolute atomic E-state index is 0.123. The molecule has 0 aliphatic heterocycles. The summed E-state index contributed by atoms with van der Waals surface area (Å²) >= 11 is 0. The van der Waals surface area contributed by atoms with Gasteiger partial charge in [-0.2, -0.15) is 0 Å². The number of carbonyl (C=O) groups is 2. The summed E-state index contributed by atoms with van der Waals surface area (Å²) in [5.41, 5.74) is 0.632. The van der Waals surface area contributed by atoms with Gasteiger partial charge in [-0.15, -0.1) is 0 Å². The molecule has 1 saturated carbocycles. The summed E-state index contributed by atoms with van der Waals surface area (Å²) in [7, 11) is -3.67. The monoisotopic (exact) mass is 363 g/mol. The maximum atomic E-state index is 12.5. The number of benzene rings is 1. The number of aromatic amines is 1. The van der Waals surface area contributed by atoms with Gasteiger partial charge >= 0.3 is 0 Å². The molecule has 0 bridgehead atoms. The van der Waals surface area contributed by atoms with Crippen molar-refractivity contribution in [2.75, 3.05) is 6.26 Å². The van der Waals surface area contributed by atoms with Crippen molar-refractivity contribution in [3.8, 4) is 0 Å². The highest BCUT2D eigenvalue weighted by molar-refractivity contribution is 7.89. The van der Waals surface area contributed by atoms with Gasteiger partial charge in [-0.25, -0.2) is 8.42 Å². The van der Waals surface area contributed by atoms with Gasteiger partial charge in [-0.05, 0) is 24.5 Å². The van der Waals surface area contributed by atoms with E-state index in [0.29, 0.717) is 12.8 Å². The number of sulfonamides is 1. The molecule has 7 nitrogen and oxygen atoms in total. The first-order valence-electron chi connectivity index (χ1n) is 8.17. The van der Waals surface area contributed by atoms with E-state index in [4.69, 9.17) is 0 Å². The summed E-state index contributed by atoms with van der Waals surface area (Å²) in [6, 6.07) is 7.66. The highest BCUT2D eigenvalue weighted by Crippen LogP contribution is 2.30. The lowest BCUT2D eigenvalue weighted by Gasteiger charge is -2.28. The molecule has 0 spiro atoms. The summed E-state index contributed by atoms with van der Waals surface area (Å²) in [6.07, 6.45) is 5.25. The van der Waals surface area contributed by atoms with E-state index in [1.165, 1.54) is 0 Å². The fraction of sp³-hybridized carbons (Fsp3) is 0.412. The molecule has 1 fully saturated rings. The number of rotatable bonds is 5. The first-order valence-corrected chi connectivity index (χ1v) is 10.1. The number of amides is 2. The summed E-state index contributed by atoms with van der Waals surface area (Å²) in [5.74, 6) is -0.949. The van der Waals surface area contributed by atoms with E-state index in [2.05, 4.69) is 10.3 Å². The second kappa shape index (κ2) is 6.51. The van der Waals surface area contributed by atoms with Crippen molar-refractivity contribution in [3.63, 3.8) is 0 Å². The van der Waals surface area contributed by atoms with Crippen molar-refractivity contribution in [2.24, 2.45) is 0 Å². The molecular formula is C17H21N3O4S. The first-order chi connectivity index (χ1) is 11.8. The van der Waals surface area contributed by atoms with Crippen LogP contribution in [0.5, 0.6) is 0 Å². The molecule has 2 amide bonds. The predicted molar refractivity (Wildman–Crippen MR) is 94.3 cm³/mol. The molecule has 1 aliphatic carbocycles. The Hall–Kier alpha value is -2.35. The summed E-state index contributed by atoms with van der Waals surface area (Å²) in [5, 5.41) is 3.75. The molecular weight excluding hydrogens is 342 g/mol. The van der Waals surface area contributed by atoms with Gasteiger partial charge in [0, 0.05) is 17.1 Å². The van der Waals surface area contributed by atoms with Crippen molar-refractivity contribution >= 4 is 32.7 Å². The number of H-pyrrole nitrogens is 1. The Kier molecular flexibility index (Phi) is 4.55. The summed E-state index contributed by atoms with van der Waals surface area (Å²) < 4.78 is 24.8. The van der Waals surface area contributed by atoms with Crippen LogP contribution >= 0.6 is 0 Å². The normalized spacial score (nSPS) is 16.7. The van der Waals surface area contributed by atoms with Crippen molar-refractivity contribution < 1.29 is 18.0 Å². The number of hydrogen-bond donors (Lipinski definition) is 3. The van der Waals surface area contributed by atoms with Crippen LogP contribution in [0.2, 0.25) is 0 Å². The van der Waals surface area contributed by atoms with Gasteiger partial charge in [0.05, 0.1) is 12.7 Å². The van der Waals surface area contributed by atoms with E-state index in [9.17, 15) is 18.0 Å². The van der Waals surface area contributed by atoms with Gasteiger partial charge in [0.25, 0.3) is 5.91 Å². The third kappa shape index (κ3) is 3.84. The Balaban J connectivity index is 1.76. The number of nitrogens with one attached hydrogen (secondary N) is 3. The molecule has 3 rings (SSSR count). The van der Waals surface area contributed by atoms with Crippen molar-refractivity contribution in [2.45, 2.75) is 37.6 Å². The van der Waals surface area contributed by atoms with Gasteiger partial charge < -0.3 is 10.3 Å². The fourth-order valence-corrected chi connectivity index (χ4v) is 3.95. The van der Waals surface area contributed by atoms with Gasteiger partial charge in [0.2, 0.25) is 15.9 Å². The second-order valence-electron chi connectivity index (χ2n) is 6.58. The Morgan fingerprint density at radius 1 is 1.20 bits per heavy atom. The molecule has 25 heavy (non-hydrogen) atoms. The molecule has 2 aromatic rings. The molecule has 1 aromatic carbocycles. The number of para-hydroxylation sites is 1. The molecule has 1 aromatic heterocycles. The zero-order valence-corrected chi connectivity index (χ0v) is 14.8. The van der Waals surface area contributed by atoms with E-state index in [-0.39, 0.29) is 12.3 Å². The summed E-state index contributed by atoms with van der Waals surface area (Å²) in [4.78, 5) is 28.1. The Morgan fingerprint density at radius 2 is 1.88 bits per heavy atom. The molecule has 0 unspecified atom stereocenters. The highest BCUT2D eigenvalue weighted by Gasteiger charge is 2.43. The maximum Gasteiger partial charge on any atom is 0.259 e. The molecule has 1 heterocycles. The molecule has 1 aliphatic rings. The molecule has 0 radical (unpaired) electrons. The quantitative estimate of drug-likeness (QED) is 0.742. The van der Waals surface area contributed by atoms with E-state index in [0.717, 1.165) is 35.6 Å². The average Bonchev–Trinajstić information content (AvgIpc) is 3.14. The lowest BCUT2D eigenvalue weighted by molar-refractivity contribution is -0.132. The van der Waals surface area contributed by atoms with Crippen LogP contribution in [0.4, 0.5) is 0 Å². The summed E-state index contributed by atoms with van der Waals surface area (Å²) in [6.45, 7) is 0. The topological polar surface area (TPSA) is 108 Å². The second-order valence-corrected chi connectivity index (χ2v) is 8.33. The SMILES string of the molecule is CS(=O)(=O)NC(=O)C1(NC(=O)Cc2c[nH]c3ccccc23)CCCC1. The van der Waals surface area contributed by atoms with Gasteiger partial charge in [-0.3, -0.25) is 14.3 Å². The zero-order chi connectivity index (χ0) is 18.1. The van der Waals surface area contributed by atoms with Gasteiger partial charge in [0.1, 0.15) is 5.54 Å². The number of hydrogen-bond acceptors (Lipinski definition) is 4. The van der Waals surface area contributed by atoms with Crippen molar-refractivity contribution in [3.05, 3.63) is 36.0 Å². The molecule has 134 valence electrons. The lowest BCUT2D eigenvalue weighted by Crippen LogP contribution is -2.58. The molecule has 0 saturated heterocycles. The number of carbonyl (C=O) groups excluding carboxylic acids is 2. The minimum atomic E-state index is -3.67. The average molecular weight is 363 g/mol. The lowest BCUT2D eigenvalue weighted by atomic mass is 9.96. The third-order valence-corrected chi connectivity index (χ3v) is 5.13. The smallest absolute Gasteiger partial charge is 0.259 e. The predicted octanol–water partition coefficient (Wildman–Crippen LogP) is 1.22. The minimum Gasteiger partial charge on any atom is -0.361 e. The molecule has 3 N–H and O–H groups in total. The van der Waals surface area contributed by atoms with Gasteiger partial charge in [-0.1, -0.05) is 31.0 Å². The van der Waals surface area contributed by atoms with Crippen LogP contribution in [-0.4, -0.2) is 37.0 Å². The van der Waals surface area contributed by atoms with Crippen LogP contribution in [-0.2, 0) is 26.0 Å². The Labute approximate surface area is 146 Å². The van der Waals surface area contributed by atoms with Crippen LogP contribution in [0.1, 0.15) is 31.2 Å². The number of aromatic nitrogens is 1. The molecule has 8 heteroatoms. The van der Waals surface area contributed by atoms with Crippen molar-refractivity contribution in [1.29, 1.82) is 0 Å². The van der Waals surface area contributed by atoms with E-state index < -0.39 is 21.5 Å². The third-order valence-electron chi connectivity index (χ3n) is 4.57. The van der Waals surface area contributed by atoms with Crippen LogP contribution in [0.3, 0.4) is 0 Å². The van der Waals surface area contributed by atoms with Crippen molar-refractivity contribution in [1.82, 2.24) is 15.0 Å². The van der Waals surface area contributed by atoms with Crippen LogP contribution in [0, 0.1) is 0 Å². The zero-order valence-electron chi connectivity index (χ0n) is 14.0.